The maximum atomic E-state index is 6.22. The van der Waals surface area contributed by atoms with Gasteiger partial charge in [0.1, 0.15) is 5.82 Å². The van der Waals surface area contributed by atoms with E-state index in [1.54, 1.807) is 0 Å². The first kappa shape index (κ1) is 16.7. The average molecular weight is 363 g/mol. The van der Waals surface area contributed by atoms with E-state index in [4.69, 9.17) is 9.84 Å². The highest BCUT2D eigenvalue weighted by atomic mass is 16.5. The van der Waals surface area contributed by atoms with Crippen LogP contribution in [0.4, 0.5) is 5.82 Å². The van der Waals surface area contributed by atoms with E-state index in [9.17, 15) is 0 Å². The van der Waals surface area contributed by atoms with Crippen molar-refractivity contribution in [3.63, 3.8) is 0 Å². The van der Waals surface area contributed by atoms with E-state index in [0.29, 0.717) is 6.04 Å². The van der Waals surface area contributed by atoms with Crippen molar-refractivity contribution in [2.45, 2.75) is 56.6 Å². The zero-order valence-electron chi connectivity index (χ0n) is 15.5. The maximum Gasteiger partial charge on any atom is 0.185 e. The van der Waals surface area contributed by atoms with Crippen LogP contribution in [-0.2, 0) is 4.74 Å². The third-order valence-electron chi connectivity index (χ3n) is 5.90. The van der Waals surface area contributed by atoms with E-state index in [2.05, 4.69) is 15.5 Å². The molecule has 27 heavy (non-hydrogen) atoms. The van der Waals surface area contributed by atoms with E-state index in [1.807, 2.05) is 47.0 Å². The predicted molar refractivity (Wildman–Crippen MR) is 105 cm³/mol. The van der Waals surface area contributed by atoms with Gasteiger partial charge in [0, 0.05) is 18.2 Å². The minimum Gasteiger partial charge on any atom is -0.375 e. The van der Waals surface area contributed by atoms with E-state index >= 15 is 0 Å². The van der Waals surface area contributed by atoms with Crippen LogP contribution in [0.2, 0.25) is 0 Å². The number of anilines is 1. The Balaban J connectivity index is 1.39. The van der Waals surface area contributed by atoms with Gasteiger partial charge in [-0.2, -0.15) is 4.52 Å². The number of benzene rings is 1. The Bertz CT molecular complexity index is 911. The Morgan fingerprint density at radius 1 is 1.00 bits per heavy atom. The van der Waals surface area contributed by atoms with Gasteiger partial charge < -0.3 is 10.1 Å². The smallest absolute Gasteiger partial charge is 0.185 e. The highest BCUT2D eigenvalue weighted by molar-refractivity contribution is 5.59. The van der Waals surface area contributed by atoms with Crippen molar-refractivity contribution in [2.75, 3.05) is 11.9 Å². The second-order valence-electron chi connectivity index (χ2n) is 7.80. The SMILES string of the molecule is c1ccc(-c2nnc3ccc(NC4CCOC5(CCCCC5)C4)nn23)cc1. The van der Waals surface area contributed by atoms with Crippen LogP contribution in [0.3, 0.4) is 0 Å². The van der Waals surface area contributed by atoms with E-state index < -0.39 is 0 Å². The molecule has 2 aromatic heterocycles. The minimum absolute atomic E-state index is 0.0873. The second-order valence-corrected chi connectivity index (χ2v) is 7.80. The van der Waals surface area contributed by atoms with Crippen LogP contribution in [0, 0.1) is 0 Å². The van der Waals surface area contributed by atoms with Gasteiger partial charge in [0.05, 0.1) is 5.60 Å². The molecular weight excluding hydrogens is 338 g/mol. The van der Waals surface area contributed by atoms with Gasteiger partial charge in [-0.25, -0.2) is 0 Å². The van der Waals surface area contributed by atoms with Crippen molar-refractivity contribution in [3.8, 4) is 11.4 Å². The molecule has 1 unspecified atom stereocenters. The summed E-state index contributed by atoms with van der Waals surface area (Å²) in [5.74, 6) is 1.64. The number of nitrogens with one attached hydrogen (secondary N) is 1. The number of fused-ring (bicyclic) bond motifs is 1. The molecule has 140 valence electrons. The monoisotopic (exact) mass is 363 g/mol. The number of aromatic nitrogens is 4. The van der Waals surface area contributed by atoms with E-state index in [1.165, 1.54) is 32.1 Å². The summed E-state index contributed by atoms with van der Waals surface area (Å²) < 4.78 is 8.05. The summed E-state index contributed by atoms with van der Waals surface area (Å²) in [6.45, 7) is 0.835. The summed E-state index contributed by atoms with van der Waals surface area (Å²) in [5, 5.41) is 17.0. The van der Waals surface area contributed by atoms with Crippen molar-refractivity contribution in [1.82, 2.24) is 19.8 Å². The third kappa shape index (κ3) is 3.30. The number of rotatable bonds is 3. The van der Waals surface area contributed by atoms with Crippen LogP contribution in [0.15, 0.2) is 42.5 Å². The lowest BCUT2D eigenvalue weighted by Gasteiger charge is -2.43. The lowest BCUT2D eigenvalue weighted by atomic mass is 9.78. The normalized spacial score (nSPS) is 22.1. The minimum atomic E-state index is 0.0873. The molecule has 6 nitrogen and oxygen atoms in total. The maximum absolute atomic E-state index is 6.22. The van der Waals surface area contributed by atoms with E-state index in [0.717, 1.165) is 42.3 Å². The number of nitrogens with zero attached hydrogens (tertiary/aromatic N) is 4. The molecule has 1 spiro atoms. The molecule has 1 aromatic carbocycles. The van der Waals surface area contributed by atoms with Crippen LogP contribution in [0.5, 0.6) is 0 Å². The fourth-order valence-electron chi connectivity index (χ4n) is 4.54. The average Bonchev–Trinajstić information content (AvgIpc) is 3.13. The molecule has 0 amide bonds. The molecule has 1 N–H and O–H groups in total. The van der Waals surface area contributed by atoms with Gasteiger partial charge in [0.2, 0.25) is 0 Å². The molecule has 1 aliphatic heterocycles. The molecular formula is C21H25N5O. The van der Waals surface area contributed by atoms with Crippen LogP contribution in [0.1, 0.15) is 44.9 Å². The fourth-order valence-corrected chi connectivity index (χ4v) is 4.54. The fraction of sp³-hybridized carbons (Fsp3) is 0.476. The lowest BCUT2D eigenvalue weighted by Crippen LogP contribution is -2.45. The van der Waals surface area contributed by atoms with Gasteiger partial charge in [-0.15, -0.1) is 15.3 Å². The van der Waals surface area contributed by atoms with Crippen LogP contribution in [0.25, 0.3) is 17.0 Å². The predicted octanol–water partition coefficient (Wildman–Crippen LogP) is 4.09. The Kier molecular flexibility index (Phi) is 4.28. The third-order valence-corrected chi connectivity index (χ3v) is 5.90. The summed E-state index contributed by atoms with van der Waals surface area (Å²) in [7, 11) is 0. The number of hydrogen-bond acceptors (Lipinski definition) is 5. The largest absolute Gasteiger partial charge is 0.375 e. The van der Waals surface area contributed by atoms with Crippen molar-refractivity contribution in [2.24, 2.45) is 0 Å². The highest BCUT2D eigenvalue weighted by Crippen LogP contribution is 2.39. The summed E-state index contributed by atoms with van der Waals surface area (Å²) >= 11 is 0. The van der Waals surface area contributed by atoms with Gasteiger partial charge in [-0.3, -0.25) is 0 Å². The van der Waals surface area contributed by atoms with E-state index in [-0.39, 0.29) is 5.60 Å². The molecule has 0 bridgehead atoms. The quantitative estimate of drug-likeness (QED) is 0.759. The molecule has 1 saturated heterocycles. The zero-order chi connectivity index (χ0) is 18.1. The summed E-state index contributed by atoms with van der Waals surface area (Å²) in [6, 6.07) is 14.5. The van der Waals surface area contributed by atoms with Crippen LogP contribution >= 0.6 is 0 Å². The summed E-state index contributed by atoms with van der Waals surface area (Å²) in [4.78, 5) is 0. The first-order valence-corrected chi connectivity index (χ1v) is 10.00. The van der Waals surface area contributed by atoms with Crippen molar-refractivity contribution >= 4 is 11.5 Å². The molecule has 1 atom stereocenters. The topological polar surface area (TPSA) is 64.3 Å². The summed E-state index contributed by atoms with van der Waals surface area (Å²) in [5.41, 5.74) is 1.86. The summed E-state index contributed by atoms with van der Waals surface area (Å²) in [6.07, 6.45) is 8.41. The van der Waals surface area contributed by atoms with Gasteiger partial charge in [0.25, 0.3) is 0 Å². The first-order valence-electron chi connectivity index (χ1n) is 10.00. The molecule has 0 radical (unpaired) electrons. The molecule has 3 aromatic rings. The van der Waals surface area contributed by atoms with Gasteiger partial charge in [0.15, 0.2) is 11.5 Å². The Labute approximate surface area is 159 Å². The van der Waals surface area contributed by atoms with Crippen molar-refractivity contribution < 1.29 is 4.74 Å². The molecule has 5 rings (SSSR count). The highest BCUT2D eigenvalue weighted by Gasteiger charge is 2.38. The Hall–Kier alpha value is -2.47. The number of hydrogen-bond donors (Lipinski definition) is 1. The Morgan fingerprint density at radius 2 is 1.85 bits per heavy atom. The van der Waals surface area contributed by atoms with Crippen LogP contribution in [-0.4, -0.2) is 38.1 Å². The standard InChI is InChI=1S/C21H25N5O/c1-3-7-16(8-4-1)20-24-23-19-10-9-18(25-26(19)20)22-17-11-14-27-21(15-17)12-5-2-6-13-21/h1,3-4,7-10,17H,2,5-6,11-15H2,(H,22,25). The van der Waals surface area contributed by atoms with Crippen molar-refractivity contribution in [1.29, 1.82) is 0 Å². The molecule has 3 heterocycles. The molecule has 6 heteroatoms. The first-order chi connectivity index (χ1) is 13.3. The number of ether oxygens (including phenoxy) is 1. The van der Waals surface area contributed by atoms with Crippen molar-refractivity contribution in [3.05, 3.63) is 42.5 Å². The second kappa shape index (κ2) is 6.93. The van der Waals surface area contributed by atoms with Crippen LogP contribution < -0.4 is 5.32 Å². The van der Waals surface area contributed by atoms with Gasteiger partial charge in [-0.05, 0) is 37.8 Å². The molecule has 2 fully saturated rings. The lowest BCUT2D eigenvalue weighted by molar-refractivity contribution is -0.103. The molecule has 1 aliphatic carbocycles. The van der Waals surface area contributed by atoms with Gasteiger partial charge >= 0.3 is 0 Å². The molecule has 1 saturated carbocycles. The zero-order valence-corrected chi connectivity index (χ0v) is 15.5. The Morgan fingerprint density at radius 3 is 2.70 bits per heavy atom. The molecule has 2 aliphatic rings. The van der Waals surface area contributed by atoms with Gasteiger partial charge in [-0.1, -0.05) is 49.6 Å².